The molecule has 0 saturated carbocycles. The number of hydrogen-bond donors (Lipinski definition) is 2. The monoisotopic (exact) mass is 259 g/mol. The van der Waals surface area contributed by atoms with E-state index >= 15 is 0 Å². The Bertz CT molecular complexity index is 370. The molecule has 0 aromatic heterocycles. The molecule has 1 aromatic carbocycles. The van der Waals surface area contributed by atoms with Gasteiger partial charge in [-0.2, -0.15) is 0 Å². The van der Waals surface area contributed by atoms with Gasteiger partial charge in [-0.15, -0.1) is 0 Å². The zero-order valence-corrected chi connectivity index (χ0v) is 10.9. The Hall–Kier alpha value is -0.640. The maximum atomic E-state index is 13.0. The topological polar surface area (TPSA) is 46.2 Å². The number of hydrogen-bond acceptors (Lipinski definition) is 2. The molecular weight excluding hydrogens is 241 g/mol. The minimum atomic E-state index is -0.626. The lowest BCUT2D eigenvalue weighted by atomic mass is 9.96. The Morgan fingerprint density at radius 1 is 1.35 bits per heavy atom. The van der Waals surface area contributed by atoms with Gasteiger partial charge < -0.3 is 10.8 Å². The van der Waals surface area contributed by atoms with Crippen molar-refractivity contribution in [1.29, 1.82) is 0 Å². The molecule has 4 heteroatoms. The first-order valence-corrected chi connectivity index (χ1v) is 6.18. The van der Waals surface area contributed by atoms with E-state index in [0.29, 0.717) is 17.9 Å². The fourth-order valence-electron chi connectivity index (χ4n) is 1.63. The predicted molar refractivity (Wildman–Crippen MR) is 68.4 cm³/mol. The van der Waals surface area contributed by atoms with Crippen molar-refractivity contribution in [3.8, 4) is 0 Å². The van der Waals surface area contributed by atoms with Crippen LogP contribution in [0.3, 0.4) is 0 Å². The second kappa shape index (κ2) is 6.34. The summed E-state index contributed by atoms with van der Waals surface area (Å²) in [5.41, 5.74) is 6.57. The molecule has 0 aliphatic rings. The summed E-state index contributed by atoms with van der Waals surface area (Å²) >= 11 is 5.68. The van der Waals surface area contributed by atoms with Crippen molar-refractivity contribution in [2.75, 3.05) is 0 Å². The quantitative estimate of drug-likeness (QED) is 0.853. The number of aliphatic hydroxyl groups is 1. The molecule has 0 spiro atoms. The van der Waals surface area contributed by atoms with Gasteiger partial charge in [0.15, 0.2) is 0 Å². The van der Waals surface area contributed by atoms with Crippen LogP contribution in [0.5, 0.6) is 0 Å². The van der Waals surface area contributed by atoms with E-state index in [1.54, 1.807) is 6.07 Å². The molecule has 1 rings (SSSR count). The van der Waals surface area contributed by atoms with Gasteiger partial charge >= 0.3 is 0 Å². The molecule has 0 bridgehead atoms. The molecule has 0 heterocycles. The summed E-state index contributed by atoms with van der Waals surface area (Å²) in [5, 5.41) is 9.95. The van der Waals surface area contributed by atoms with E-state index in [2.05, 4.69) is 13.8 Å². The minimum absolute atomic E-state index is 0.0361. The Kier molecular flexibility index (Phi) is 5.37. The second-order valence-corrected chi connectivity index (χ2v) is 5.15. The third-order valence-corrected chi connectivity index (χ3v) is 3.07. The molecule has 1 aromatic rings. The van der Waals surface area contributed by atoms with E-state index in [-0.39, 0.29) is 5.02 Å². The first kappa shape index (κ1) is 14.4. The summed E-state index contributed by atoms with van der Waals surface area (Å²) in [4.78, 5) is 0. The average Bonchev–Trinajstić information content (AvgIpc) is 2.28. The highest BCUT2D eigenvalue weighted by molar-refractivity contribution is 6.30. The van der Waals surface area contributed by atoms with E-state index < -0.39 is 18.0 Å². The van der Waals surface area contributed by atoms with Crippen molar-refractivity contribution in [2.24, 2.45) is 11.7 Å². The number of halogens is 2. The predicted octanol–water partition coefficient (Wildman–Crippen LogP) is 3.28. The third kappa shape index (κ3) is 4.26. The number of rotatable bonds is 5. The van der Waals surface area contributed by atoms with Crippen molar-refractivity contribution >= 4 is 11.6 Å². The molecule has 2 atom stereocenters. The van der Waals surface area contributed by atoms with Crippen LogP contribution in [-0.4, -0.2) is 11.2 Å². The normalized spacial score (nSPS) is 15.0. The number of benzene rings is 1. The van der Waals surface area contributed by atoms with Gasteiger partial charge in [0.2, 0.25) is 0 Å². The van der Waals surface area contributed by atoms with Crippen LogP contribution < -0.4 is 5.73 Å². The number of aliphatic hydroxyl groups excluding tert-OH is 1. The van der Waals surface area contributed by atoms with Gasteiger partial charge in [-0.1, -0.05) is 31.5 Å². The van der Waals surface area contributed by atoms with Gasteiger partial charge in [-0.05, 0) is 36.5 Å². The molecular formula is C13H19ClFNO. The van der Waals surface area contributed by atoms with Crippen LogP contribution in [0.25, 0.3) is 0 Å². The lowest BCUT2D eigenvalue weighted by Crippen LogP contribution is -2.26. The van der Waals surface area contributed by atoms with Crippen LogP contribution in [0.1, 0.15) is 38.3 Å². The molecule has 0 fully saturated rings. The maximum Gasteiger partial charge on any atom is 0.141 e. The summed E-state index contributed by atoms with van der Waals surface area (Å²) in [6, 6.07) is 3.78. The Morgan fingerprint density at radius 2 is 2.00 bits per heavy atom. The van der Waals surface area contributed by atoms with Crippen molar-refractivity contribution in [1.82, 2.24) is 0 Å². The van der Waals surface area contributed by atoms with Crippen LogP contribution in [0.15, 0.2) is 18.2 Å². The fraction of sp³-hybridized carbons (Fsp3) is 0.538. The fourth-order valence-corrected chi connectivity index (χ4v) is 1.81. The summed E-state index contributed by atoms with van der Waals surface area (Å²) in [6.45, 7) is 4.18. The zero-order valence-electron chi connectivity index (χ0n) is 10.2. The standard InChI is InChI=1S/C13H19ClFNO/c1-8(2)3-6-12(17)13(16)9-4-5-11(15)10(14)7-9/h4-5,7-8,12-13,17H,3,6,16H2,1-2H3/t12-,13+/m0/s1. The van der Waals surface area contributed by atoms with Crippen molar-refractivity contribution in [3.63, 3.8) is 0 Å². The van der Waals surface area contributed by atoms with E-state index in [4.69, 9.17) is 17.3 Å². The minimum Gasteiger partial charge on any atom is -0.391 e. The van der Waals surface area contributed by atoms with Crippen LogP contribution in [0.2, 0.25) is 5.02 Å². The van der Waals surface area contributed by atoms with E-state index in [0.717, 1.165) is 6.42 Å². The third-order valence-electron chi connectivity index (χ3n) is 2.78. The molecule has 2 nitrogen and oxygen atoms in total. The zero-order chi connectivity index (χ0) is 13.0. The smallest absolute Gasteiger partial charge is 0.141 e. The molecule has 0 saturated heterocycles. The number of nitrogens with two attached hydrogens (primary N) is 1. The van der Waals surface area contributed by atoms with Crippen LogP contribution in [0.4, 0.5) is 4.39 Å². The van der Waals surface area contributed by atoms with Crippen molar-refractivity contribution in [2.45, 2.75) is 38.8 Å². The largest absolute Gasteiger partial charge is 0.391 e. The summed E-state index contributed by atoms with van der Waals surface area (Å²) in [7, 11) is 0. The maximum absolute atomic E-state index is 13.0. The van der Waals surface area contributed by atoms with Crippen LogP contribution >= 0.6 is 11.6 Å². The van der Waals surface area contributed by atoms with Crippen LogP contribution in [-0.2, 0) is 0 Å². The molecule has 0 unspecified atom stereocenters. The molecule has 0 aliphatic heterocycles. The molecule has 3 N–H and O–H groups in total. The Labute approximate surface area is 107 Å². The van der Waals surface area contributed by atoms with E-state index in [1.807, 2.05) is 0 Å². The van der Waals surface area contributed by atoms with Gasteiger partial charge in [-0.25, -0.2) is 4.39 Å². The van der Waals surface area contributed by atoms with Crippen molar-refractivity contribution in [3.05, 3.63) is 34.6 Å². The average molecular weight is 260 g/mol. The summed E-state index contributed by atoms with van der Waals surface area (Å²) < 4.78 is 13.0. The highest BCUT2D eigenvalue weighted by Gasteiger charge is 2.18. The van der Waals surface area contributed by atoms with Gasteiger partial charge in [0, 0.05) is 0 Å². The molecule has 0 aliphatic carbocycles. The van der Waals surface area contributed by atoms with Gasteiger partial charge in [-0.3, -0.25) is 0 Å². The Morgan fingerprint density at radius 3 is 2.53 bits per heavy atom. The first-order chi connectivity index (χ1) is 7.91. The van der Waals surface area contributed by atoms with Gasteiger partial charge in [0.1, 0.15) is 5.82 Å². The lowest BCUT2D eigenvalue weighted by Gasteiger charge is -2.20. The second-order valence-electron chi connectivity index (χ2n) is 4.74. The van der Waals surface area contributed by atoms with Gasteiger partial charge in [0.25, 0.3) is 0 Å². The summed E-state index contributed by atoms with van der Waals surface area (Å²) in [5.74, 6) is 0.0490. The lowest BCUT2D eigenvalue weighted by molar-refractivity contribution is 0.128. The molecule has 0 radical (unpaired) electrons. The molecule has 96 valence electrons. The highest BCUT2D eigenvalue weighted by Crippen LogP contribution is 2.23. The Balaban J connectivity index is 2.67. The summed E-state index contributed by atoms with van der Waals surface area (Å²) in [6.07, 6.45) is 0.913. The van der Waals surface area contributed by atoms with Crippen molar-refractivity contribution < 1.29 is 9.50 Å². The van der Waals surface area contributed by atoms with Crippen LogP contribution in [0, 0.1) is 11.7 Å². The molecule has 17 heavy (non-hydrogen) atoms. The SMILES string of the molecule is CC(C)CC[C@H](O)[C@H](N)c1ccc(F)c(Cl)c1. The first-order valence-electron chi connectivity index (χ1n) is 5.80. The van der Waals surface area contributed by atoms with E-state index in [9.17, 15) is 9.50 Å². The highest BCUT2D eigenvalue weighted by atomic mass is 35.5. The van der Waals surface area contributed by atoms with E-state index in [1.165, 1.54) is 12.1 Å². The van der Waals surface area contributed by atoms with Gasteiger partial charge in [0.05, 0.1) is 17.2 Å². The molecule has 0 amide bonds.